The molecule has 0 heterocycles. The van der Waals surface area contributed by atoms with Crippen molar-refractivity contribution in [3.05, 3.63) is 0 Å². The molecule has 0 saturated carbocycles. The van der Waals surface area contributed by atoms with E-state index in [4.69, 9.17) is 9.47 Å². The van der Waals surface area contributed by atoms with Gasteiger partial charge in [0.25, 0.3) is 0 Å². The summed E-state index contributed by atoms with van der Waals surface area (Å²) in [7, 11) is -1.44. The lowest BCUT2D eigenvalue weighted by Gasteiger charge is -2.31. The van der Waals surface area contributed by atoms with Gasteiger partial charge in [-0.2, -0.15) is 0 Å². The second-order valence-corrected chi connectivity index (χ2v) is 13.9. The summed E-state index contributed by atoms with van der Waals surface area (Å²) in [6.45, 7) is 11.9. The van der Waals surface area contributed by atoms with Gasteiger partial charge in [0.15, 0.2) is 0 Å². The number of nitrogens with one attached hydrogen (secondary N) is 1. The first kappa shape index (κ1) is 27.6. The molecule has 0 aromatic heterocycles. The van der Waals surface area contributed by atoms with E-state index in [1.807, 2.05) is 0 Å². The van der Waals surface area contributed by atoms with Gasteiger partial charge in [-0.15, -0.1) is 0 Å². The minimum absolute atomic E-state index is 0.137. The molecule has 0 spiro atoms. The van der Waals surface area contributed by atoms with Gasteiger partial charge >= 0.3 is 11.9 Å². The lowest BCUT2D eigenvalue weighted by atomic mass is 9.93. The van der Waals surface area contributed by atoms with E-state index in [2.05, 4.69) is 25.3 Å². The van der Waals surface area contributed by atoms with Crippen molar-refractivity contribution in [2.24, 2.45) is 0 Å². The minimum atomic E-state index is -1.75. The number of esters is 2. The Morgan fingerprint density at radius 3 is 1.76 bits per heavy atom. The van der Waals surface area contributed by atoms with E-state index in [0.29, 0.717) is 6.42 Å². The van der Waals surface area contributed by atoms with Crippen LogP contribution >= 0.6 is 0 Å². The summed E-state index contributed by atoms with van der Waals surface area (Å²) < 4.78 is 10.3. The normalized spacial score (nSPS) is 11.8. The first-order valence-electron chi connectivity index (χ1n) is 11.3. The molecular weight excluding hydrogens is 386 g/mol. The van der Waals surface area contributed by atoms with Crippen LogP contribution in [0.1, 0.15) is 79.1 Å². The average molecular weight is 430 g/mol. The van der Waals surface area contributed by atoms with Crippen molar-refractivity contribution >= 4 is 25.9 Å². The largest absolute Gasteiger partial charge is 0.464 e. The summed E-state index contributed by atoms with van der Waals surface area (Å²) in [4.78, 5) is 37.1. The van der Waals surface area contributed by atoms with E-state index in [-0.39, 0.29) is 19.6 Å². The van der Waals surface area contributed by atoms with E-state index >= 15 is 0 Å². The molecular formula is C22H43NO5Si. The third-order valence-corrected chi connectivity index (χ3v) is 8.66. The van der Waals surface area contributed by atoms with Crippen LogP contribution in [0.25, 0.3) is 0 Å². The van der Waals surface area contributed by atoms with E-state index in [9.17, 15) is 14.4 Å². The number of ether oxygens (including phenoxy) is 2. The quantitative estimate of drug-likeness (QED) is 0.164. The Labute approximate surface area is 178 Å². The van der Waals surface area contributed by atoms with Crippen molar-refractivity contribution < 1.29 is 23.9 Å². The Bertz CT molecular complexity index is 489. The molecule has 0 bridgehead atoms. The Kier molecular flexibility index (Phi) is 13.9. The van der Waals surface area contributed by atoms with Crippen LogP contribution in [0.3, 0.4) is 0 Å². The zero-order valence-corrected chi connectivity index (χ0v) is 20.5. The maximum absolute atomic E-state index is 12.6. The summed E-state index contributed by atoms with van der Waals surface area (Å²) >= 11 is 0. The Morgan fingerprint density at radius 2 is 1.28 bits per heavy atom. The van der Waals surface area contributed by atoms with Gasteiger partial charge in [-0.1, -0.05) is 77.1 Å². The molecule has 170 valence electrons. The molecule has 0 rings (SSSR count). The lowest BCUT2D eigenvalue weighted by Crippen LogP contribution is -2.61. The van der Waals surface area contributed by atoms with E-state index < -0.39 is 31.5 Å². The molecule has 0 aromatic carbocycles. The molecule has 1 N–H and O–H groups in total. The molecule has 0 saturated heterocycles. The second kappa shape index (κ2) is 14.6. The van der Waals surface area contributed by atoms with Crippen molar-refractivity contribution in [1.29, 1.82) is 0 Å². The molecule has 0 fully saturated rings. The first-order valence-corrected chi connectivity index (χ1v) is 14.7. The topological polar surface area (TPSA) is 81.7 Å². The van der Waals surface area contributed by atoms with E-state index in [0.717, 1.165) is 6.04 Å². The second-order valence-electron chi connectivity index (χ2n) is 8.56. The molecule has 0 aliphatic heterocycles. The van der Waals surface area contributed by atoms with Crippen molar-refractivity contribution in [1.82, 2.24) is 5.32 Å². The Balaban J connectivity index is 4.95. The molecule has 0 radical (unpaired) electrons. The highest BCUT2D eigenvalue weighted by atomic mass is 28.3. The molecule has 6 nitrogen and oxygen atoms in total. The van der Waals surface area contributed by atoms with Crippen molar-refractivity contribution in [2.45, 2.75) is 110 Å². The van der Waals surface area contributed by atoms with Gasteiger partial charge in [0, 0.05) is 15.0 Å². The SMILES string of the molecule is CCCCCCCC[Si](C)(C)CCCC(NC(C)=O)(C(=O)OCC)C(=O)OCC. The highest BCUT2D eigenvalue weighted by Gasteiger charge is 2.49. The predicted octanol–water partition coefficient (Wildman–Crippen LogP) is 4.84. The van der Waals surface area contributed by atoms with Gasteiger partial charge in [-0.3, -0.25) is 4.79 Å². The number of hydrogen-bond donors (Lipinski definition) is 1. The van der Waals surface area contributed by atoms with Crippen LogP contribution in [0.4, 0.5) is 0 Å². The fraction of sp³-hybridized carbons (Fsp3) is 0.864. The molecule has 0 aromatic rings. The van der Waals surface area contributed by atoms with Gasteiger partial charge < -0.3 is 14.8 Å². The van der Waals surface area contributed by atoms with Crippen LogP contribution in [0, 0.1) is 0 Å². The molecule has 0 aliphatic carbocycles. The minimum Gasteiger partial charge on any atom is -0.464 e. The molecule has 7 heteroatoms. The maximum atomic E-state index is 12.6. The molecule has 0 atom stereocenters. The molecule has 0 unspecified atom stereocenters. The molecule has 0 aliphatic rings. The highest BCUT2D eigenvalue weighted by Crippen LogP contribution is 2.26. The maximum Gasteiger partial charge on any atom is 0.343 e. The summed E-state index contributed by atoms with van der Waals surface area (Å²) in [6.07, 6.45) is 8.59. The van der Waals surface area contributed by atoms with Crippen LogP contribution in [0.5, 0.6) is 0 Å². The number of unbranched alkanes of at least 4 members (excludes halogenated alkanes) is 5. The standard InChI is InChI=1S/C22H43NO5Si/c1-7-10-11-12-13-14-17-29(5,6)18-15-16-22(23-19(4)24,20(25)27-8-2)21(26)28-9-3/h7-18H2,1-6H3,(H,23,24). The van der Waals surface area contributed by atoms with Gasteiger partial charge in [-0.05, 0) is 20.3 Å². The summed E-state index contributed by atoms with van der Waals surface area (Å²) in [5.41, 5.74) is -1.75. The monoisotopic (exact) mass is 429 g/mol. The predicted molar refractivity (Wildman–Crippen MR) is 120 cm³/mol. The number of carbonyl (C=O) groups excluding carboxylic acids is 3. The fourth-order valence-corrected chi connectivity index (χ4v) is 6.19. The van der Waals surface area contributed by atoms with Gasteiger partial charge in [0.2, 0.25) is 11.4 Å². The third kappa shape index (κ3) is 10.8. The van der Waals surface area contributed by atoms with E-state index in [1.54, 1.807) is 13.8 Å². The van der Waals surface area contributed by atoms with Crippen molar-refractivity contribution in [3.8, 4) is 0 Å². The van der Waals surface area contributed by atoms with Crippen molar-refractivity contribution in [3.63, 3.8) is 0 Å². The zero-order valence-electron chi connectivity index (χ0n) is 19.5. The lowest BCUT2D eigenvalue weighted by molar-refractivity contribution is -0.168. The zero-order chi connectivity index (χ0) is 22.3. The van der Waals surface area contributed by atoms with Crippen molar-refractivity contribution in [2.75, 3.05) is 13.2 Å². The smallest absolute Gasteiger partial charge is 0.343 e. The number of hydrogen-bond acceptors (Lipinski definition) is 5. The van der Waals surface area contributed by atoms with Crippen LogP contribution in [-0.4, -0.2) is 44.7 Å². The van der Waals surface area contributed by atoms with Gasteiger partial charge in [0.1, 0.15) is 0 Å². The Morgan fingerprint density at radius 1 is 0.793 bits per heavy atom. The first-order chi connectivity index (χ1) is 13.6. The van der Waals surface area contributed by atoms with Crippen LogP contribution < -0.4 is 5.32 Å². The number of carbonyl (C=O) groups is 3. The van der Waals surface area contributed by atoms with Gasteiger partial charge in [-0.25, -0.2) is 9.59 Å². The molecule has 1 amide bonds. The van der Waals surface area contributed by atoms with Crippen LogP contribution in [-0.2, 0) is 23.9 Å². The average Bonchev–Trinajstić information content (AvgIpc) is 2.63. The highest BCUT2D eigenvalue weighted by molar-refractivity contribution is 6.77. The fourth-order valence-electron chi connectivity index (χ4n) is 3.60. The van der Waals surface area contributed by atoms with Gasteiger partial charge in [0.05, 0.1) is 13.2 Å². The number of amides is 1. The number of rotatable bonds is 16. The summed E-state index contributed by atoms with van der Waals surface area (Å²) in [5.74, 6) is -1.91. The van der Waals surface area contributed by atoms with Crippen LogP contribution in [0.15, 0.2) is 0 Å². The molecule has 29 heavy (non-hydrogen) atoms. The third-order valence-electron chi connectivity index (χ3n) is 5.25. The van der Waals surface area contributed by atoms with E-state index in [1.165, 1.54) is 51.5 Å². The Hall–Kier alpha value is -1.37. The summed E-state index contributed by atoms with van der Waals surface area (Å²) in [5, 5.41) is 2.55. The van der Waals surface area contributed by atoms with Crippen LogP contribution in [0.2, 0.25) is 25.2 Å². The summed E-state index contributed by atoms with van der Waals surface area (Å²) in [6, 6.07) is 2.23.